The second-order valence-corrected chi connectivity index (χ2v) is 5.15. The Bertz CT molecular complexity index is 962. The molecule has 0 saturated heterocycles. The number of carbonyl (C=O) groups is 2. The molecule has 27 heavy (non-hydrogen) atoms. The van der Waals surface area contributed by atoms with Crippen LogP contribution in [-0.2, 0) is 9.53 Å². The number of benzene rings is 2. The van der Waals surface area contributed by atoms with E-state index in [4.69, 9.17) is 0 Å². The van der Waals surface area contributed by atoms with Crippen LogP contribution in [-0.4, -0.2) is 23.9 Å². The molecule has 9 heteroatoms. The molecule has 136 valence electrons. The number of nitrogens with zero attached hydrogens (tertiary/aromatic N) is 2. The third-order valence-corrected chi connectivity index (χ3v) is 3.35. The Hall–Kier alpha value is -4.19. The number of amides is 1. The maximum atomic E-state index is 12.2. The van der Waals surface area contributed by atoms with Crippen molar-refractivity contribution in [3.8, 4) is 6.07 Å². The van der Waals surface area contributed by atoms with Gasteiger partial charge in [-0.15, -0.1) is 0 Å². The lowest BCUT2D eigenvalue weighted by molar-refractivity contribution is -0.384. The maximum Gasteiger partial charge on any atom is 0.337 e. The van der Waals surface area contributed by atoms with Gasteiger partial charge in [0.1, 0.15) is 11.6 Å². The number of hydrogen-bond donors (Lipinski definition) is 2. The molecule has 0 unspecified atom stereocenters. The van der Waals surface area contributed by atoms with Crippen LogP contribution in [0.1, 0.15) is 10.4 Å². The number of esters is 1. The molecule has 2 rings (SSSR count). The van der Waals surface area contributed by atoms with Gasteiger partial charge in [0.25, 0.3) is 11.6 Å². The van der Waals surface area contributed by atoms with Gasteiger partial charge in [0.05, 0.1) is 17.6 Å². The van der Waals surface area contributed by atoms with Gasteiger partial charge in [0.2, 0.25) is 0 Å². The summed E-state index contributed by atoms with van der Waals surface area (Å²) in [6, 6.07) is 13.4. The van der Waals surface area contributed by atoms with Crippen LogP contribution in [0.2, 0.25) is 0 Å². The van der Waals surface area contributed by atoms with Gasteiger partial charge >= 0.3 is 5.97 Å². The summed E-state index contributed by atoms with van der Waals surface area (Å²) >= 11 is 0. The van der Waals surface area contributed by atoms with Gasteiger partial charge in [0, 0.05) is 29.7 Å². The van der Waals surface area contributed by atoms with Gasteiger partial charge < -0.3 is 15.4 Å². The monoisotopic (exact) mass is 366 g/mol. The van der Waals surface area contributed by atoms with Gasteiger partial charge in [-0.2, -0.15) is 5.26 Å². The summed E-state index contributed by atoms with van der Waals surface area (Å²) in [5.41, 5.74) is 0.505. The number of carbonyl (C=O) groups excluding carboxylic acids is 2. The second-order valence-electron chi connectivity index (χ2n) is 5.15. The first-order valence-corrected chi connectivity index (χ1v) is 7.55. The van der Waals surface area contributed by atoms with Crippen LogP contribution < -0.4 is 10.6 Å². The fraction of sp³-hybridized carbons (Fsp3) is 0.0556. The molecule has 0 aromatic heterocycles. The second kappa shape index (κ2) is 8.77. The number of anilines is 2. The van der Waals surface area contributed by atoms with Crippen molar-refractivity contribution in [2.75, 3.05) is 17.7 Å². The zero-order valence-electron chi connectivity index (χ0n) is 14.1. The standard InChI is InChI=1S/C18H14N4O5/c1-27-18(24)12-4-2-5-14(8-12)20-11-13(10-19)17(23)21-15-6-3-7-16(9-15)22(25)26/h2-9,11,20H,1H3,(H,21,23)/b13-11-. The van der Waals surface area contributed by atoms with E-state index < -0.39 is 16.8 Å². The number of nitro groups is 1. The summed E-state index contributed by atoms with van der Waals surface area (Å²) in [4.78, 5) is 33.9. The Labute approximate surface area is 154 Å². The molecule has 0 atom stereocenters. The molecule has 2 aromatic rings. The van der Waals surface area contributed by atoms with Crippen LogP contribution >= 0.6 is 0 Å². The van der Waals surface area contributed by atoms with E-state index in [1.54, 1.807) is 24.3 Å². The minimum absolute atomic E-state index is 0.183. The molecule has 0 bridgehead atoms. The van der Waals surface area contributed by atoms with E-state index in [-0.39, 0.29) is 16.9 Å². The third kappa shape index (κ3) is 5.14. The van der Waals surface area contributed by atoms with E-state index in [0.717, 1.165) is 0 Å². The summed E-state index contributed by atoms with van der Waals surface area (Å²) in [5, 5.41) is 25.1. The van der Waals surface area contributed by atoms with Gasteiger partial charge in [-0.3, -0.25) is 14.9 Å². The van der Waals surface area contributed by atoms with Crippen molar-refractivity contribution in [1.82, 2.24) is 0 Å². The fourth-order valence-corrected chi connectivity index (χ4v) is 2.05. The first-order valence-electron chi connectivity index (χ1n) is 7.55. The highest BCUT2D eigenvalue weighted by atomic mass is 16.6. The van der Waals surface area contributed by atoms with Crippen molar-refractivity contribution in [3.63, 3.8) is 0 Å². The zero-order chi connectivity index (χ0) is 19.8. The summed E-state index contributed by atoms with van der Waals surface area (Å²) in [5.74, 6) is -1.26. The average molecular weight is 366 g/mol. The Morgan fingerprint density at radius 2 is 1.89 bits per heavy atom. The average Bonchev–Trinajstić information content (AvgIpc) is 2.68. The van der Waals surface area contributed by atoms with E-state index in [1.165, 1.54) is 43.6 Å². The number of ether oxygens (including phenoxy) is 1. The van der Waals surface area contributed by atoms with Crippen LogP contribution in [0.3, 0.4) is 0 Å². The SMILES string of the molecule is COC(=O)c1cccc(N/C=C(/C#N)C(=O)Nc2cccc([N+](=O)[O-])c2)c1. The third-order valence-electron chi connectivity index (χ3n) is 3.35. The molecule has 0 fully saturated rings. The van der Waals surface area contributed by atoms with Crippen LogP contribution in [0.25, 0.3) is 0 Å². The molecule has 2 N–H and O–H groups in total. The lowest BCUT2D eigenvalue weighted by atomic mass is 10.2. The number of nitro benzene ring substituents is 1. The Morgan fingerprint density at radius 3 is 2.56 bits per heavy atom. The molecule has 0 radical (unpaired) electrons. The van der Waals surface area contributed by atoms with Crippen LogP contribution in [0.4, 0.5) is 17.1 Å². The number of rotatable bonds is 6. The first-order chi connectivity index (χ1) is 12.9. The van der Waals surface area contributed by atoms with Crippen molar-refractivity contribution >= 4 is 28.9 Å². The maximum absolute atomic E-state index is 12.2. The number of methoxy groups -OCH3 is 1. The van der Waals surface area contributed by atoms with Crippen molar-refractivity contribution < 1.29 is 19.2 Å². The molecule has 0 spiro atoms. The lowest BCUT2D eigenvalue weighted by Gasteiger charge is -2.06. The van der Waals surface area contributed by atoms with Gasteiger partial charge in [-0.25, -0.2) is 4.79 Å². The van der Waals surface area contributed by atoms with E-state index in [1.807, 2.05) is 0 Å². The van der Waals surface area contributed by atoms with Gasteiger partial charge in [0.15, 0.2) is 0 Å². The molecule has 0 aliphatic rings. The Morgan fingerprint density at radius 1 is 1.19 bits per heavy atom. The van der Waals surface area contributed by atoms with Crippen molar-refractivity contribution in [3.05, 3.63) is 76.0 Å². The van der Waals surface area contributed by atoms with E-state index in [9.17, 15) is 25.0 Å². The molecule has 9 nitrogen and oxygen atoms in total. The smallest absolute Gasteiger partial charge is 0.337 e. The molecule has 0 aliphatic heterocycles. The highest BCUT2D eigenvalue weighted by Crippen LogP contribution is 2.18. The van der Waals surface area contributed by atoms with Gasteiger partial charge in [-0.05, 0) is 24.3 Å². The summed E-state index contributed by atoms with van der Waals surface area (Å²) < 4.78 is 4.62. The van der Waals surface area contributed by atoms with E-state index >= 15 is 0 Å². The molecular formula is C18H14N4O5. The van der Waals surface area contributed by atoms with E-state index in [0.29, 0.717) is 11.3 Å². The highest BCUT2D eigenvalue weighted by molar-refractivity contribution is 6.06. The summed E-state index contributed by atoms with van der Waals surface area (Å²) in [6.45, 7) is 0. The lowest BCUT2D eigenvalue weighted by Crippen LogP contribution is -2.14. The van der Waals surface area contributed by atoms with Crippen LogP contribution in [0.15, 0.2) is 60.3 Å². The first kappa shape index (κ1) is 19.1. The summed E-state index contributed by atoms with van der Waals surface area (Å²) in [7, 11) is 1.26. The molecule has 0 saturated carbocycles. The van der Waals surface area contributed by atoms with Crippen LogP contribution in [0.5, 0.6) is 0 Å². The topological polar surface area (TPSA) is 134 Å². The number of hydrogen-bond acceptors (Lipinski definition) is 7. The Kier molecular flexibility index (Phi) is 6.22. The van der Waals surface area contributed by atoms with Gasteiger partial charge in [-0.1, -0.05) is 12.1 Å². The number of nitrogens with one attached hydrogen (secondary N) is 2. The molecule has 2 aromatic carbocycles. The van der Waals surface area contributed by atoms with Crippen LogP contribution in [0, 0.1) is 21.4 Å². The zero-order valence-corrected chi connectivity index (χ0v) is 14.1. The summed E-state index contributed by atoms with van der Waals surface area (Å²) in [6.07, 6.45) is 1.17. The number of non-ortho nitro benzene ring substituents is 1. The predicted octanol–water partition coefficient (Wildman–Crippen LogP) is 2.84. The van der Waals surface area contributed by atoms with Crippen molar-refractivity contribution in [1.29, 1.82) is 5.26 Å². The van der Waals surface area contributed by atoms with Crippen molar-refractivity contribution in [2.24, 2.45) is 0 Å². The minimum atomic E-state index is -0.741. The quantitative estimate of drug-likeness (QED) is 0.264. The predicted molar refractivity (Wildman–Crippen MR) is 96.8 cm³/mol. The normalized spacial score (nSPS) is 10.4. The largest absolute Gasteiger partial charge is 0.465 e. The molecule has 0 heterocycles. The van der Waals surface area contributed by atoms with Crippen molar-refractivity contribution in [2.45, 2.75) is 0 Å². The number of nitriles is 1. The molecular weight excluding hydrogens is 352 g/mol. The minimum Gasteiger partial charge on any atom is -0.465 e. The molecule has 1 amide bonds. The molecule has 0 aliphatic carbocycles. The fourth-order valence-electron chi connectivity index (χ4n) is 2.05. The van der Waals surface area contributed by atoms with E-state index in [2.05, 4.69) is 15.4 Å². The Balaban J connectivity index is 2.13. The highest BCUT2D eigenvalue weighted by Gasteiger charge is 2.12.